The third kappa shape index (κ3) is 80.3. The first-order chi connectivity index (χ1) is 15.6. The van der Waals surface area contributed by atoms with Crippen LogP contribution in [0.3, 0.4) is 0 Å². The van der Waals surface area contributed by atoms with E-state index in [4.69, 9.17) is 5.73 Å². The van der Waals surface area contributed by atoms with Crippen LogP contribution in [-0.2, 0) is 0 Å². The number of allylic oxidation sites excluding steroid dienone is 5. The van der Waals surface area contributed by atoms with Crippen molar-refractivity contribution in [2.45, 2.75) is 153 Å². The molecule has 0 atom stereocenters. The summed E-state index contributed by atoms with van der Waals surface area (Å²) in [5.74, 6) is 1.87. The zero-order valence-electron chi connectivity index (χ0n) is 25.1. The molecule has 0 spiro atoms. The Hall–Kier alpha value is -0.820. The second kappa shape index (κ2) is 35.8. The molecule has 0 aromatic rings. The molecule has 0 aliphatic heterocycles. The van der Waals surface area contributed by atoms with E-state index in [9.17, 15) is 0 Å². The van der Waals surface area contributed by atoms with E-state index < -0.39 is 0 Å². The molecule has 2 fully saturated rings. The smallest absolute Gasteiger partial charge is 0.00773 e. The standard InChI is InChI=1S/C9H16.C7H14.C5H13N.C4H10.C4H8.C3H6/c1-4-6-7-8-9(3)5-2;1-7-5-3-2-4-6-7;1-2-3-4-5-6;2*1-4(2)3;1-2-3-1/h6-8H,4-5H2,1-3H3;7H,2-6H2,1H3;2-6H2,1H3;4H,1-3H3;1H2,2-3H3;1-3H2/b7-6-,9-8-;;;;;. The van der Waals surface area contributed by atoms with Crippen molar-refractivity contribution in [2.75, 3.05) is 6.54 Å². The van der Waals surface area contributed by atoms with Crippen molar-refractivity contribution < 1.29 is 0 Å². The molecule has 2 rings (SSSR count). The lowest BCUT2D eigenvalue weighted by Gasteiger charge is -2.15. The highest BCUT2D eigenvalue weighted by atomic mass is 14.5. The molecular formula is C32H67N. The maximum Gasteiger partial charge on any atom is -0.00773 e. The second-order valence-corrected chi connectivity index (χ2v) is 10.4. The molecule has 2 aliphatic rings. The molecule has 0 bridgehead atoms. The molecule has 0 saturated heterocycles. The summed E-state index contributed by atoms with van der Waals surface area (Å²) in [4.78, 5) is 0. The highest BCUT2D eigenvalue weighted by Crippen LogP contribution is 2.22. The molecule has 0 radical (unpaired) electrons. The van der Waals surface area contributed by atoms with E-state index in [2.05, 4.69) is 80.2 Å². The van der Waals surface area contributed by atoms with E-state index in [-0.39, 0.29) is 0 Å². The number of hydrogen-bond donors (Lipinski definition) is 1. The van der Waals surface area contributed by atoms with Crippen LogP contribution in [0.1, 0.15) is 153 Å². The van der Waals surface area contributed by atoms with Crippen molar-refractivity contribution in [3.05, 3.63) is 36.0 Å². The molecule has 2 saturated carbocycles. The first-order valence-electron chi connectivity index (χ1n) is 14.2. The highest BCUT2D eigenvalue weighted by molar-refractivity contribution is 5.09. The Labute approximate surface area is 212 Å². The molecule has 0 heterocycles. The van der Waals surface area contributed by atoms with Crippen LogP contribution in [-0.4, -0.2) is 6.54 Å². The van der Waals surface area contributed by atoms with Crippen molar-refractivity contribution in [3.8, 4) is 0 Å². The van der Waals surface area contributed by atoms with E-state index in [0.29, 0.717) is 0 Å². The van der Waals surface area contributed by atoms with Gasteiger partial charge in [-0.25, -0.2) is 0 Å². The van der Waals surface area contributed by atoms with E-state index in [1.807, 2.05) is 13.8 Å². The predicted molar refractivity (Wildman–Crippen MR) is 159 cm³/mol. The Bertz CT molecular complexity index is 381. The summed E-state index contributed by atoms with van der Waals surface area (Å²) in [5, 5.41) is 0. The summed E-state index contributed by atoms with van der Waals surface area (Å²) in [5.41, 5.74) is 7.83. The van der Waals surface area contributed by atoms with E-state index in [1.165, 1.54) is 81.8 Å². The normalized spacial score (nSPS) is 14.6. The van der Waals surface area contributed by atoms with E-state index in [0.717, 1.165) is 31.2 Å². The summed E-state index contributed by atoms with van der Waals surface area (Å²) in [7, 11) is 0. The topological polar surface area (TPSA) is 26.0 Å². The number of nitrogens with two attached hydrogens (primary N) is 1. The molecule has 0 unspecified atom stereocenters. The minimum absolute atomic E-state index is 0.833. The first-order valence-corrected chi connectivity index (χ1v) is 14.2. The van der Waals surface area contributed by atoms with Gasteiger partial charge in [0.1, 0.15) is 0 Å². The van der Waals surface area contributed by atoms with Crippen molar-refractivity contribution in [1.29, 1.82) is 0 Å². The molecule has 1 nitrogen and oxygen atoms in total. The molecule has 2 N–H and O–H groups in total. The average Bonchev–Trinajstić information content (AvgIpc) is 3.62. The Morgan fingerprint density at radius 3 is 1.52 bits per heavy atom. The first kappa shape index (κ1) is 39.4. The average molecular weight is 466 g/mol. The molecule has 1 heteroatoms. The van der Waals surface area contributed by atoms with Gasteiger partial charge < -0.3 is 5.73 Å². The van der Waals surface area contributed by atoms with Gasteiger partial charge in [0.05, 0.1) is 0 Å². The van der Waals surface area contributed by atoms with Crippen LogP contribution in [0.15, 0.2) is 36.0 Å². The third-order valence-corrected chi connectivity index (χ3v) is 4.37. The summed E-state index contributed by atoms with van der Waals surface area (Å²) in [6, 6.07) is 0. The number of unbranched alkanes of at least 4 members (excludes halogenated alkanes) is 2. The minimum atomic E-state index is 0.833. The van der Waals surface area contributed by atoms with Gasteiger partial charge in [-0.2, -0.15) is 0 Å². The maximum atomic E-state index is 5.21. The van der Waals surface area contributed by atoms with E-state index >= 15 is 0 Å². The Morgan fingerprint density at radius 2 is 1.30 bits per heavy atom. The lowest BCUT2D eigenvalue weighted by molar-refractivity contribution is 0.385. The van der Waals surface area contributed by atoms with Gasteiger partial charge in [-0.1, -0.05) is 142 Å². The monoisotopic (exact) mass is 466 g/mol. The van der Waals surface area contributed by atoms with Gasteiger partial charge in [0.15, 0.2) is 0 Å². The largest absolute Gasteiger partial charge is 0.330 e. The molecule has 0 aromatic heterocycles. The Morgan fingerprint density at radius 1 is 0.879 bits per heavy atom. The molecule has 200 valence electrons. The van der Waals surface area contributed by atoms with Gasteiger partial charge in [0.2, 0.25) is 0 Å². The fourth-order valence-electron chi connectivity index (χ4n) is 2.19. The lowest BCUT2D eigenvalue weighted by Crippen LogP contribution is -1.99. The summed E-state index contributed by atoms with van der Waals surface area (Å²) in [6.07, 6.45) is 24.4. The molecule has 0 aromatic carbocycles. The summed E-state index contributed by atoms with van der Waals surface area (Å²) >= 11 is 0. The quantitative estimate of drug-likeness (QED) is 0.235. The molecule has 2 aliphatic carbocycles. The zero-order chi connectivity index (χ0) is 26.3. The summed E-state index contributed by atoms with van der Waals surface area (Å²) < 4.78 is 0. The molecule has 0 amide bonds. The van der Waals surface area contributed by atoms with Crippen LogP contribution in [0.2, 0.25) is 0 Å². The van der Waals surface area contributed by atoms with Crippen LogP contribution in [0.25, 0.3) is 0 Å². The van der Waals surface area contributed by atoms with Crippen LogP contribution in [0.4, 0.5) is 0 Å². The highest BCUT2D eigenvalue weighted by Gasteiger charge is 2.05. The lowest BCUT2D eigenvalue weighted by atomic mass is 9.91. The predicted octanol–water partition coefficient (Wildman–Crippen LogP) is 11.4. The van der Waals surface area contributed by atoms with Crippen LogP contribution < -0.4 is 5.73 Å². The van der Waals surface area contributed by atoms with Gasteiger partial charge >= 0.3 is 0 Å². The third-order valence-electron chi connectivity index (χ3n) is 4.37. The fourth-order valence-corrected chi connectivity index (χ4v) is 2.19. The molecular weight excluding hydrogens is 398 g/mol. The summed E-state index contributed by atoms with van der Waals surface area (Å²) in [6.45, 7) is 25.9. The van der Waals surface area contributed by atoms with Crippen LogP contribution >= 0.6 is 0 Å². The van der Waals surface area contributed by atoms with Gasteiger partial charge in [-0.05, 0) is 58.4 Å². The molecule has 33 heavy (non-hydrogen) atoms. The van der Waals surface area contributed by atoms with Gasteiger partial charge in [0, 0.05) is 0 Å². The van der Waals surface area contributed by atoms with Crippen molar-refractivity contribution >= 4 is 0 Å². The Balaban J connectivity index is -0.000000159. The van der Waals surface area contributed by atoms with Crippen LogP contribution in [0.5, 0.6) is 0 Å². The van der Waals surface area contributed by atoms with Gasteiger partial charge in [0.25, 0.3) is 0 Å². The zero-order valence-corrected chi connectivity index (χ0v) is 25.1. The van der Waals surface area contributed by atoms with E-state index in [1.54, 1.807) is 0 Å². The Kier molecular flexibility index (Phi) is 42.7. The fraction of sp³-hybridized carbons (Fsp3) is 0.812. The number of rotatable bonds is 6. The second-order valence-electron chi connectivity index (χ2n) is 10.4. The van der Waals surface area contributed by atoms with Crippen molar-refractivity contribution in [2.24, 2.45) is 17.6 Å². The van der Waals surface area contributed by atoms with Gasteiger partial charge in [-0.3, -0.25) is 0 Å². The van der Waals surface area contributed by atoms with Gasteiger partial charge in [-0.15, -0.1) is 6.58 Å². The maximum absolute atomic E-state index is 5.21. The number of hydrogen-bond acceptors (Lipinski definition) is 1. The minimum Gasteiger partial charge on any atom is -0.330 e. The van der Waals surface area contributed by atoms with Crippen molar-refractivity contribution in [1.82, 2.24) is 0 Å². The van der Waals surface area contributed by atoms with Crippen LogP contribution in [0, 0.1) is 11.8 Å². The van der Waals surface area contributed by atoms with Crippen molar-refractivity contribution in [3.63, 3.8) is 0 Å². The SMILES string of the molecule is C1CC1.C=C(C)C.CC(C)C.CC/C=C\C=C(\C)CC.CC1CCCCC1.CCCCCN.